The van der Waals surface area contributed by atoms with Gasteiger partial charge in [0.2, 0.25) is 0 Å². The van der Waals surface area contributed by atoms with E-state index >= 15 is 0 Å². The predicted molar refractivity (Wildman–Crippen MR) is 138 cm³/mol. The van der Waals surface area contributed by atoms with Crippen LogP contribution < -0.4 is 4.90 Å². The average Bonchev–Trinajstić information content (AvgIpc) is 3.17. The number of fused-ring (bicyclic) bond motifs is 5. The van der Waals surface area contributed by atoms with Crippen LogP contribution in [0.15, 0.2) is 102 Å². The van der Waals surface area contributed by atoms with Crippen molar-refractivity contribution in [3.63, 3.8) is 0 Å². The Bertz CT molecular complexity index is 1660. The Kier molecular flexibility index (Phi) is 3.64. The van der Waals surface area contributed by atoms with Crippen LogP contribution in [0.5, 0.6) is 0 Å². The Morgan fingerprint density at radius 2 is 1.45 bits per heavy atom. The van der Waals surface area contributed by atoms with Crippen molar-refractivity contribution in [2.24, 2.45) is 0 Å². The van der Waals surface area contributed by atoms with Crippen LogP contribution in [0.1, 0.15) is 0 Å². The van der Waals surface area contributed by atoms with Gasteiger partial charge in [0.05, 0.1) is 11.4 Å². The average molecular weight is 478 g/mol. The molecule has 31 heavy (non-hydrogen) atoms. The molecule has 0 saturated heterocycles. The molecule has 0 fully saturated rings. The molecule has 2 heterocycles. The summed E-state index contributed by atoms with van der Waals surface area (Å²) in [5, 5.41) is 5.25. The van der Waals surface area contributed by atoms with Gasteiger partial charge in [-0.05, 0) is 53.4 Å². The van der Waals surface area contributed by atoms with E-state index in [9.17, 15) is 0 Å². The quantitative estimate of drug-likeness (QED) is 0.227. The second-order valence-corrected chi connectivity index (χ2v) is 9.96. The van der Waals surface area contributed by atoms with Gasteiger partial charge in [-0.25, -0.2) is 0 Å². The van der Waals surface area contributed by atoms with E-state index in [4.69, 9.17) is 0 Å². The molecule has 0 saturated carbocycles. The molecule has 0 aliphatic carbocycles. The van der Waals surface area contributed by atoms with E-state index in [0.29, 0.717) is 0 Å². The highest BCUT2D eigenvalue weighted by Crippen LogP contribution is 2.52. The SMILES string of the molecule is Brc1ccc2c(c1)-c1cccc3cccc(c13)N2c1ccc2c(c1)sc1ccccc12. The van der Waals surface area contributed by atoms with Gasteiger partial charge < -0.3 is 4.90 Å². The first kappa shape index (κ1) is 17.5. The Balaban J connectivity index is 1.56. The molecule has 3 heteroatoms. The molecule has 0 bridgehead atoms. The fraction of sp³-hybridized carbons (Fsp3) is 0. The molecular formula is C28H16BrNS. The smallest absolute Gasteiger partial charge is 0.0546 e. The molecule has 0 unspecified atom stereocenters. The lowest BCUT2D eigenvalue weighted by Crippen LogP contribution is -2.14. The van der Waals surface area contributed by atoms with Crippen molar-refractivity contribution in [2.75, 3.05) is 4.90 Å². The molecule has 1 aliphatic heterocycles. The third-order valence-electron chi connectivity index (χ3n) is 6.23. The number of benzene rings is 5. The molecule has 7 rings (SSSR count). The minimum absolute atomic E-state index is 1.10. The zero-order valence-electron chi connectivity index (χ0n) is 16.5. The summed E-state index contributed by atoms with van der Waals surface area (Å²) in [6.07, 6.45) is 0. The summed E-state index contributed by atoms with van der Waals surface area (Å²) >= 11 is 5.56. The summed E-state index contributed by atoms with van der Waals surface area (Å²) < 4.78 is 3.76. The number of thiophene rings is 1. The molecule has 1 nitrogen and oxygen atoms in total. The number of hydrogen-bond donors (Lipinski definition) is 0. The molecular weight excluding hydrogens is 462 g/mol. The normalized spacial score (nSPS) is 12.6. The van der Waals surface area contributed by atoms with E-state index in [2.05, 4.69) is 118 Å². The van der Waals surface area contributed by atoms with Crippen molar-refractivity contribution in [3.05, 3.63) is 102 Å². The summed E-state index contributed by atoms with van der Waals surface area (Å²) in [5.41, 5.74) is 6.21. The van der Waals surface area contributed by atoms with Crippen molar-refractivity contribution in [1.82, 2.24) is 0 Å². The van der Waals surface area contributed by atoms with Crippen LogP contribution in [0.2, 0.25) is 0 Å². The van der Waals surface area contributed by atoms with Crippen LogP contribution in [-0.2, 0) is 0 Å². The second kappa shape index (κ2) is 6.43. The van der Waals surface area contributed by atoms with Crippen LogP contribution in [0, 0.1) is 0 Å². The lowest BCUT2D eigenvalue weighted by atomic mass is 9.91. The molecule has 0 radical (unpaired) electrons. The topological polar surface area (TPSA) is 3.24 Å². The van der Waals surface area contributed by atoms with Gasteiger partial charge in [0.25, 0.3) is 0 Å². The van der Waals surface area contributed by atoms with Crippen molar-refractivity contribution in [2.45, 2.75) is 0 Å². The molecule has 1 aliphatic rings. The first-order chi connectivity index (χ1) is 15.3. The highest BCUT2D eigenvalue weighted by atomic mass is 79.9. The van der Waals surface area contributed by atoms with Crippen molar-refractivity contribution < 1.29 is 0 Å². The zero-order chi connectivity index (χ0) is 20.5. The summed E-state index contributed by atoms with van der Waals surface area (Å²) in [4.78, 5) is 2.42. The number of nitrogens with zero attached hydrogens (tertiary/aromatic N) is 1. The lowest BCUT2D eigenvalue weighted by Gasteiger charge is -2.33. The Morgan fingerprint density at radius 3 is 2.39 bits per heavy atom. The minimum Gasteiger partial charge on any atom is -0.309 e. The lowest BCUT2D eigenvalue weighted by molar-refractivity contribution is 1.29. The summed E-state index contributed by atoms with van der Waals surface area (Å²) in [5.74, 6) is 0. The van der Waals surface area contributed by atoms with Crippen LogP contribution in [0.3, 0.4) is 0 Å². The van der Waals surface area contributed by atoms with Gasteiger partial charge in [-0.1, -0.05) is 70.5 Å². The first-order valence-corrected chi connectivity index (χ1v) is 11.9. The summed E-state index contributed by atoms with van der Waals surface area (Å²) in [7, 11) is 0. The fourth-order valence-electron chi connectivity index (χ4n) is 4.91. The standard InChI is InChI=1S/C28H16BrNS/c29-18-11-14-24-23(15-18)22-8-3-5-17-6-4-9-25(28(17)22)30(24)19-12-13-21-20-7-1-2-10-26(20)31-27(21)16-19/h1-16H. The molecule has 6 aromatic rings. The van der Waals surface area contributed by atoms with Gasteiger partial charge >= 0.3 is 0 Å². The monoisotopic (exact) mass is 477 g/mol. The van der Waals surface area contributed by atoms with E-state index in [-0.39, 0.29) is 0 Å². The Labute approximate surface area is 192 Å². The fourth-order valence-corrected chi connectivity index (χ4v) is 6.41. The van der Waals surface area contributed by atoms with E-state index in [1.165, 1.54) is 59.1 Å². The van der Waals surface area contributed by atoms with Crippen molar-refractivity contribution in [3.8, 4) is 11.1 Å². The van der Waals surface area contributed by atoms with Crippen LogP contribution in [-0.4, -0.2) is 0 Å². The van der Waals surface area contributed by atoms with Gasteiger partial charge in [-0.15, -0.1) is 11.3 Å². The molecule has 0 atom stereocenters. The van der Waals surface area contributed by atoms with Gasteiger partial charge in [-0.2, -0.15) is 0 Å². The van der Waals surface area contributed by atoms with Crippen molar-refractivity contribution >= 4 is 75.3 Å². The largest absolute Gasteiger partial charge is 0.309 e. The first-order valence-electron chi connectivity index (χ1n) is 10.3. The molecule has 0 N–H and O–H groups in total. The number of anilines is 3. The van der Waals surface area contributed by atoms with Crippen LogP contribution in [0.25, 0.3) is 42.1 Å². The Morgan fingerprint density at radius 1 is 0.613 bits per heavy atom. The summed E-state index contributed by atoms with van der Waals surface area (Å²) in [6, 6.07) is 35.4. The molecule has 5 aromatic carbocycles. The number of hydrogen-bond acceptors (Lipinski definition) is 2. The number of halogens is 1. The highest BCUT2D eigenvalue weighted by molar-refractivity contribution is 9.10. The third kappa shape index (κ3) is 2.48. The van der Waals surface area contributed by atoms with Crippen LogP contribution in [0.4, 0.5) is 17.1 Å². The zero-order valence-corrected chi connectivity index (χ0v) is 18.9. The van der Waals surface area contributed by atoms with E-state index < -0.39 is 0 Å². The second-order valence-electron chi connectivity index (χ2n) is 7.96. The molecule has 0 spiro atoms. The molecule has 1 aromatic heterocycles. The Hall–Kier alpha value is -3.14. The molecule has 146 valence electrons. The minimum atomic E-state index is 1.10. The van der Waals surface area contributed by atoms with Gasteiger partial charge in [0.1, 0.15) is 0 Å². The molecule has 0 amide bonds. The van der Waals surface area contributed by atoms with E-state index in [1.807, 2.05) is 11.3 Å². The van der Waals surface area contributed by atoms with E-state index in [0.717, 1.165) is 4.47 Å². The van der Waals surface area contributed by atoms with Gasteiger partial charge in [0.15, 0.2) is 0 Å². The summed E-state index contributed by atoms with van der Waals surface area (Å²) in [6.45, 7) is 0. The van der Waals surface area contributed by atoms with Gasteiger partial charge in [0, 0.05) is 41.3 Å². The predicted octanol–water partition coefficient (Wildman–Crippen LogP) is 9.42. The maximum absolute atomic E-state index is 3.69. The van der Waals surface area contributed by atoms with Crippen molar-refractivity contribution in [1.29, 1.82) is 0 Å². The highest BCUT2D eigenvalue weighted by Gasteiger charge is 2.26. The van der Waals surface area contributed by atoms with E-state index in [1.54, 1.807) is 0 Å². The maximum Gasteiger partial charge on any atom is 0.0546 e. The number of rotatable bonds is 1. The maximum atomic E-state index is 3.69. The van der Waals surface area contributed by atoms with Gasteiger partial charge in [-0.3, -0.25) is 0 Å². The third-order valence-corrected chi connectivity index (χ3v) is 7.86. The van der Waals surface area contributed by atoms with Crippen LogP contribution >= 0.6 is 27.3 Å².